The normalized spacial score (nSPS) is 27.6. The first-order chi connectivity index (χ1) is 15.5. The third-order valence-corrected chi connectivity index (χ3v) is 8.33. The molecule has 0 radical (unpaired) electrons. The highest BCUT2D eigenvalue weighted by Crippen LogP contribution is 2.45. The SMILES string of the molecule is CCOC(=O)NC(=O)C1CC(C2CCCCC2)SC1NC(=O)C1NN(C)c2ccccc21. The number of hydrogen-bond donors (Lipinski definition) is 3. The Hall–Kier alpha value is -2.26. The van der Waals surface area contributed by atoms with Gasteiger partial charge in [-0.05, 0) is 38.2 Å². The average molecular weight is 461 g/mol. The maximum atomic E-state index is 13.2. The van der Waals surface area contributed by atoms with Gasteiger partial charge in [-0.1, -0.05) is 37.5 Å². The summed E-state index contributed by atoms with van der Waals surface area (Å²) in [5, 5.41) is 7.22. The van der Waals surface area contributed by atoms with Crippen LogP contribution in [0.15, 0.2) is 24.3 Å². The molecule has 2 fully saturated rings. The topological polar surface area (TPSA) is 99.8 Å². The molecule has 4 atom stereocenters. The second kappa shape index (κ2) is 10.1. The van der Waals surface area contributed by atoms with Crippen LogP contribution in [0.1, 0.15) is 57.1 Å². The Kier molecular flexibility index (Phi) is 7.25. The predicted octanol–water partition coefficient (Wildman–Crippen LogP) is 3.10. The molecule has 2 heterocycles. The lowest BCUT2D eigenvalue weighted by Crippen LogP contribution is -2.47. The molecule has 4 unspecified atom stereocenters. The van der Waals surface area contributed by atoms with Gasteiger partial charge in [-0.2, -0.15) is 0 Å². The highest BCUT2D eigenvalue weighted by molar-refractivity contribution is 8.00. The number of anilines is 1. The van der Waals surface area contributed by atoms with E-state index in [0.717, 1.165) is 24.1 Å². The molecular formula is C23H32N4O4S. The van der Waals surface area contributed by atoms with Crippen molar-refractivity contribution in [3.05, 3.63) is 29.8 Å². The van der Waals surface area contributed by atoms with Gasteiger partial charge in [0.15, 0.2) is 0 Å². The van der Waals surface area contributed by atoms with E-state index in [0.29, 0.717) is 17.6 Å². The smallest absolute Gasteiger partial charge is 0.413 e. The van der Waals surface area contributed by atoms with Gasteiger partial charge in [-0.25, -0.2) is 10.2 Å². The number of imide groups is 1. The molecule has 0 spiro atoms. The molecule has 3 N–H and O–H groups in total. The van der Waals surface area contributed by atoms with Crippen molar-refractivity contribution in [2.24, 2.45) is 11.8 Å². The van der Waals surface area contributed by atoms with Crippen LogP contribution in [0, 0.1) is 11.8 Å². The lowest BCUT2D eigenvalue weighted by Gasteiger charge is -2.27. The second-order valence-corrected chi connectivity index (χ2v) is 10.1. The molecule has 3 aliphatic rings. The summed E-state index contributed by atoms with van der Waals surface area (Å²) in [6, 6.07) is 7.25. The summed E-state index contributed by atoms with van der Waals surface area (Å²) in [5.41, 5.74) is 5.07. The van der Waals surface area contributed by atoms with Crippen LogP contribution in [0.4, 0.5) is 10.5 Å². The van der Waals surface area contributed by atoms with Crippen LogP contribution in [-0.4, -0.2) is 42.2 Å². The molecule has 1 aliphatic carbocycles. The summed E-state index contributed by atoms with van der Waals surface area (Å²) < 4.78 is 4.88. The van der Waals surface area contributed by atoms with E-state index >= 15 is 0 Å². The van der Waals surface area contributed by atoms with E-state index in [-0.39, 0.29) is 23.8 Å². The van der Waals surface area contributed by atoms with Gasteiger partial charge in [0.2, 0.25) is 11.8 Å². The van der Waals surface area contributed by atoms with Crippen LogP contribution in [0.5, 0.6) is 0 Å². The summed E-state index contributed by atoms with van der Waals surface area (Å²) in [5.74, 6) is -0.478. The van der Waals surface area contributed by atoms with Gasteiger partial charge in [-0.3, -0.25) is 14.9 Å². The summed E-state index contributed by atoms with van der Waals surface area (Å²) in [6.07, 6.45) is 5.93. The zero-order chi connectivity index (χ0) is 22.7. The Labute approximate surface area is 193 Å². The first-order valence-corrected chi connectivity index (χ1v) is 12.4. The lowest BCUT2D eigenvalue weighted by atomic mass is 9.84. The molecule has 0 aromatic heterocycles. The highest BCUT2D eigenvalue weighted by Gasteiger charge is 2.45. The summed E-state index contributed by atoms with van der Waals surface area (Å²) >= 11 is 1.68. The minimum atomic E-state index is -0.735. The molecule has 32 heavy (non-hydrogen) atoms. The van der Waals surface area contributed by atoms with Crippen molar-refractivity contribution in [3.8, 4) is 0 Å². The van der Waals surface area contributed by atoms with E-state index < -0.39 is 18.1 Å². The number of fused-ring (bicyclic) bond motifs is 1. The Balaban J connectivity index is 1.48. The molecule has 2 aliphatic heterocycles. The number of alkyl carbamates (subject to hydrolysis) is 1. The van der Waals surface area contributed by atoms with E-state index in [9.17, 15) is 14.4 Å². The number of benzene rings is 1. The minimum Gasteiger partial charge on any atom is -0.450 e. The van der Waals surface area contributed by atoms with Crippen LogP contribution in [0.3, 0.4) is 0 Å². The third kappa shape index (κ3) is 4.88. The number of amides is 3. The molecule has 174 valence electrons. The van der Waals surface area contributed by atoms with Gasteiger partial charge in [0.25, 0.3) is 0 Å². The van der Waals surface area contributed by atoms with E-state index in [1.165, 1.54) is 19.3 Å². The number of nitrogens with zero attached hydrogens (tertiary/aromatic N) is 1. The number of hydrazine groups is 1. The Morgan fingerprint density at radius 1 is 1.16 bits per heavy atom. The number of thioether (sulfide) groups is 1. The van der Waals surface area contributed by atoms with Gasteiger partial charge < -0.3 is 15.1 Å². The standard InChI is InChI=1S/C23H32N4O4S/c1-3-31-23(30)25-20(28)16-13-18(14-9-5-4-6-10-14)32-22(16)24-21(29)19-15-11-7-8-12-17(15)27(2)26-19/h7-8,11-12,14,16,18-19,22,26H,3-6,9-10,13H2,1-2H3,(H,24,29)(H,25,28,30). The molecule has 3 amide bonds. The van der Waals surface area contributed by atoms with Gasteiger partial charge in [0, 0.05) is 17.9 Å². The van der Waals surface area contributed by atoms with Crippen molar-refractivity contribution in [2.75, 3.05) is 18.7 Å². The fourth-order valence-corrected chi connectivity index (χ4v) is 6.85. The van der Waals surface area contributed by atoms with Crippen molar-refractivity contribution >= 4 is 35.4 Å². The minimum absolute atomic E-state index is 0.169. The molecule has 1 saturated carbocycles. The lowest BCUT2D eigenvalue weighted by molar-refractivity contribution is -0.126. The van der Waals surface area contributed by atoms with Crippen LogP contribution < -0.4 is 21.1 Å². The maximum Gasteiger partial charge on any atom is 0.413 e. The largest absolute Gasteiger partial charge is 0.450 e. The van der Waals surface area contributed by atoms with Gasteiger partial charge >= 0.3 is 6.09 Å². The van der Waals surface area contributed by atoms with Crippen LogP contribution in [-0.2, 0) is 14.3 Å². The second-order valence-electron chi connectivity index (χ2n) is 8.73. The fraction of sp³-hybridized carbons (Fsp3) is 0.609. The molecule has 1 aromatic carbocycles. The molecule has 8 nitrogen and oxygen atoms in total. The number of rotatable bonds is 5. The van der Waals surface area contributed by atoms with Crippen molar-refractivity contribution in [3.63, 3.8) is 0 Å². The zero-order valence-electron chi connectivity index (χ0n) is 18.6. The Morgan fingerprint density at radius 3 is 2.66 bits per heavy atom. The number of hydrogen-bond acceptors (Lipinski definition) is 7. The molecule has 1 saturated heterocycles. The average Bonchev–Trinajstić information content (AvgIpc) is 3.36. The van der Waals surface area contributed by atoms with Crippen molar-refractivity contribution in [1.82, 2.24) is 16.1 Å². The molecule has 0 bridgehead atoms. The number of para-hydroxylation sites is 1. The van der Waals surface area contributed by atoms with Crippen molar-refractivity contribution in [1.29, 1.82) is 0 Å². The zero-order valence-corrected chi connectivity index (χ0v) is 19.5. The predicted molar refractivity (Wildman–Crippen MR) is 124 cm³/mol. The maximum absolute atomic E-state index is 13.2. The van der Waals surface area contributed by atoms with E-state index in [2.05, 4.69) is 16.1 Å². The van der Waals surface area contributed by atoms with E-state index in [1.807, 2.05) is 36.3 Å². The number of nitrogens with one attached hydrogen (secondary N) is 3. The molecule has 4 rings (SSSR count). The summed E-state index contributed by atoms with van der Waals surface area (Å²) in [6.45, 7) is 1.89. The van der Waals surface area contributed by atoms with Gasteiger partial charge in [0.1, 0.15) is 6.04 Å². The van der Waals surface area contributed by atoms with E-state index in [4.69, 9.17) is 4.74 Å². The van der Waals surface area contributed by atoms with Gasteiger partial charge in [0.05, 0.1) is 23.6 Å². The van der Waals surface area contributed by atoms with Crippen LogP contribution in [0.2, 0.25) is 0 Å². The van der Waals surface area contributed by atoms with Crippen molar-refractivity contribution < 1.29 is 19.1 Å². The highest BCUT2D eigenvalue weighted by atomic mass is 32.2. The number of carbonyl (C=O) groups is 3. The Bertz CT molecular complexity index is 860. The molecular weight excluding hydrogens is 428 g/mol. The molecule has 1 aromatic rings. The number of carbonyl (C=O) groups excluding carboxylic acids is 3. The fourth-order valence-electron chi connectivity index (χ4n) is 5.05. The Morgan fingerprint density at radius 2 is 1.91 bits per heavy atom. The quantitative estimate of drug-likeness (QED) is 0.621. The summed E-state index contributed by atoms with van der Waals surface area (Å²) in [4.78, 5) is 38.0. The molecule has 9 heteroatoms. The van der Waals surface area contributed by atoms with Crippen molar-refractivity contribution in [2.45, 2.75) is 62.1 Å². The monoisotopic (exact) mass is 460 g/mol. The first-order valence-electron chi connectivity index (χ1n) is 11.5. The third-order valence-electron chi connectivity index (χ3n) is 6.66. The first kappa shape index (κ1) is 22.9. The van der Waals surface area contributed by atoms with Gasteiger partial charge in [-0.15, -0.1) is 11.8 Å². The van der Waals surface area contributed by atoms with Crippen LogP contribution >= 0.6 is 11.8 Å². The number of ether oxygens (including phenoxy) is 1. The summed E-state index contributed by atoms with van der Waals surface area (Å²) in [7, 11) is 1.88. The van der Waals surface area contributed by atoms with E-state index in [1.54, 1.807) is 18.7 Å². The van der Waals surface area contributed by atoms with Crippen LogP contribution in [0.25, 0.3) is 0 Å².